The second-order valence-electron chi connectivity index (χ2n) is 7.90. The molecule has 0 bridgehead atoms. The highest BCUT2D eigenvalue weighted by Gasteiger charge is 2.24. The molecular formula is C26H21N2O+. The highest BCUT2D eigenvalue weighted by Crippen LogP contribution is 2.41. The Kier molecular flexibility index (Phi) is 3.22. The van der Waals surface area contributed by atoms with Gasteiger partial charge in [-0.25, -0.2) is 9.13 Å². The van der Waals surface area contributed by atoms with Crippen molar-refractivity contribution in [1.29, 1.82) is 0 Å². The summed E-state index contributed by atoms with van der Waals surface area (Å²) in [5.74, 6) is 1.14. The van der Waals surface area contributed by atoms with Crippen LogP contribution in [0.1, 0.15) is 5.56 Å². The van der Waals surface area contributed by atoms with E-state index in [1.165, 1.54) is 37.9 Å². The summed E-state index contributed by atoms with van der Waals surface area (Å²) in [7, 11) is 4.16. The average molecular weight is 377 g/mol. The molecule has 0 atom stereocenters. The molecule has 4 aromatic carbocycles. The second kappa shape index (κ2) is 5.71. The first-order valence-electron chi connectivity index (χ1n) is 9.91. The van der Waals surface area contributed by atoms with Gasteiger partial charge in [0.15, 0.2) is 5.58 Å². The van der Waals surface area contributed by atoms with Crippen LogP contribution in [0.2, 0.25) is 0 Å². The molecule has 0 unspecified atom stereocenters. The van der Waals surface area contributed by atoms with E-state index in [0.717, 1.165) is 22.6 Å². The molecule has 6 rings (SSSR count). The van der Waals surface area contributed by atoms with Gasteiger partial charge in [0, 0.05) is 10.8 Å². The van der Waals surface area contributed by atoms with Crippen LogP contribution in [0, 0.1) is 6.92 Å². The van der Waals surface area contributed by atoms with Crippen LogP contribution in [0.25, 0.3) is 54.9 Å². The van der Waals surface area contributed by atoms with Gasteiger partial charge in [-0.15, -0.1) is 0 Å². The summed E-state index contributed by atoms with van der Waals surface area (Å²) in [6.07, 6.45) is 4.16. The number of fused-ring (bicyclic) bond motifs is 7. The van der Waals surface area contributed by atoms with Crippen molar-refractivity contribution in [2.24, 2.45) is 14.1 Å². The molecule has 0 fully saturated rings. The molecule has 0 radical (unpaired) electrons. The summed E-state index contributed by atoms with van der Waals surface area (Å²) in [5, 5.41) is 7.42. The van der Waals surface area contributed by atoms with E-state index in [2.05, 4.69) is 103 Å². The molecule has 6 aromatic rings. The zero-order chi connectivity index (χ0) is 19.7. The van der Waals surface area contributed by atoms with Gasteiger partial charge < -0.3 is 4.42 Å². The van der Waals surface area contributed by atoms with Crippen LogP contribution < -0.4 is 4.57 Å². The Labute approximate surface area is 168 Å². The average Bonchev–Trinajstić information content (AvgIpc) is 3.28. The largest absolute Gasteiger partial charge is 0.455 e. The zero-order valence-corrected chi connectivity index (χ0v) is 16.7. The van der Waals surface area contributed by atoms with Gasteiger partial charge in [0.25, 0.3) is 5.82 Å². The second-order valence-corrected chi connectivity index (χ2v) is 7.90. The SMILES string of the molecule is Cc1ccc2c(oc3ccc4c5ccccc5ccc4c32)c1-c1n(C)cc[n+]1C. The lowest BCUT2D eigenvalue weighted by Crippen LogP contribution is -2.29. The van der Waals surface area contributed by atoms with Crippen molar-refractivity contribution in [2.45, 2.75) is 6.92 Å². The third-order valence-electron chi connectivity index (χ3n) is 6.14. The Balaban J connectivity index is 1.81. The fourth-order valence-electron chi connectivity index (χ4n) is 4.75. The molecule has 140 valence electrons. The maximum atomic E-state index is 6.49. The molecule has 29 heavy (non-hydrogen) atoms. The molecule has 0 amide bonds. The Bertz CT molecular complexity index is 1560. The highest BCUT2D eigenvalue weighted by atomic mass is 16.3. The minimum atomic E-state index is 0.937. The van der Waals surface area contributed by atoms with Gasteiger partial charge in [0.05, 0.1) is 14.1 Å². The molecule has 0 aliphatic rings. The number of benzene rings is 4. The third kappa shape index (κ3) is 2.16. The normalized spacial score (nSPS) is 12.0. The van der Waals surface area contributed by atoms with Crippen LogP contribution in [-0.2, 0) is 14.1 Å². The fraction of sp³-hybridized carbons (Fsp3) is 0.115. The predicted octanol–water partition coefficient (Wildman–Crippen LogP) is 6.03. The van der Waals surface area contributed by atoms with Crippen LogP contribution in [0.4, 0.5) is 0 Å². The van der Waals surface area contributed by atoms with Crippen LogP contribution in [0.15, 0.2) is 77.5 Å². The van der Waals surface area contributed by atoms with Crippen molar-refractivity contribution in [3.8, 4) is 11.4 Å². The maximum absolute atomic E-state index is 6.49. The molecule has 0 spiro atoms. The van der Waals surface area contributed by atoms with E-state index in [-0.39, 0.29) is 0 Å². The molecule has 0 aliphatic carbocycles. The molecule has 0 aliphatic heterocycles. The van der Waals surface area contributed by atoms with Crippen molar-refractivity contribution in [2.75, 3.05) is 0 Å². The molecule has 2 heterocycles. The summed E-state index contributed by atoms with van der Waals surface area (Å²) in [6, 6.07) is 21.7. The van der Waals surface area contributed by atoms with Gasteiger partial charge in [-0.05, 0) is 40.1 Å². The van der Waals surface area contributed by atoms with Crippen LogP contribution in [0.3, 0.4) is 0 Å². The van der Waals surface area contributed by atoms with Crippen molar-refractivity contribution in [1.82, 2.24) is 4.57 Å². The van der Waals surface area contributed by atoms with Gasteiger partial charge in [-0.1, -0.05) is 54.6 Å². The summed E-state index contributed by atoms with van der Waals surface area (Å²) < 4.78 is 10.8. The smallest absolute Gasteiger partial charge is 0.292 e. The number of hydrogen-bond donors (Lipinski definition) is 0. The minimum Gasteiger partial charge on any atom is -0.455 e. The Hall–Kier alpha value is -3.59. The highest BCUT2D eigenvalue weighted by molar-refractivity contribution is 6.24. The van der Waals surface area contributed by atoms with Crippen LogP contribution in [0.5, 0.6) is 0 Å². The topological polar surface area (TPSA) is 21.9 Å². The molecule has 2 aromatic heterocycles. The molecule has 0 saturated heterocycles. The molecule has 0 N–H and O–H groups in total. The summed E-state index contributed by atoms with van der Waals surface area (Å²) in [5.41, 5.74) is 4.26. The number of imidazole rings is 1. The summed E-state index contributed by atoms with van der Waals surface area (Å²) in [4.78, 5) is 0. The van der Waals surface area contributed by atoms with Gasteiger partial charge >= 0.3 is 0 Å². The van der Waals surface area contributed by atoms with E-state index < -0.39 is 0 Å². The van der Waals surface area contributed by atoms with Crippen molar-refractivity contribution >= 4 is 43.5 Å². The quantitative estimate of drug-likeness (QED) is 0.253. The summed E-state index contributed by atoms with van der Waals surface area (Å²) in [6.45, 7) is 2.15. The minimum absolute atomic E-state index is 0.937. The lowest BCUT2D eigenvalue weighted by atomic mass is 9.97. The standard InChI is InChI=1S/C26H21N2O/c1-16-8-10-21-24-20-11-9-17-6-4-5-7-18(17)19(20)12-13-22(24)29-25(21)23(16)26-27(2)14-15-28(26)3/h4-15H,1-3H3/q+1. The van der Waals surface area contributed by atoms with E-state index in [1.807, 2.05) is 0 Å². The molecule has 3 nitrogen and oxygen atoms in total. The molecule has 0 saturated carbocycles. The lowest BCUT2D eigenvalue weighted by molar-refractivity contribution is -0.659. The number of rotatable bonds is 1. The lowest BCUT2D eigenvalue weighted by Gasteiger charge is -2.06. The van der Waals surface area contributed by atoms with Gasteiger partial charge in [0.1, 0.15) is 23.5 Å². The Morgan fingerprint density at radius 3 is 2.45 bits per heavy atom. The van der Waals surface area contributed by atoms with Gasteiger partial charge in [0.2, 0.25) is 0 Å². The Morgan fingerprint density at radius 2 is 1.62 bits per heavy atom. The number of nitrogens with zero attached hydrogens (tertiary/aromatic N) is 2. The number of hydrogen-bond acceptors (Lipinski definition) is 1. The monoisotopic (exact) mass is 377 g/mol. The first-order chi connectivity index (χ1) is 14.1. The van der Waals surface area contributed by atoms with E-state index in [4.69, 9.17) is 4.42 Å². The number of aromatic nitrogens is 2. The number of aryl methyl sites for hydroxylation is 3. The maximum Gasteiger partial charge on any atom is 0.292 e. The van der Waals surface area contributed by atoms with E-state index in [9.17, 15) is 0 Å². The zero-order valence-electron chi connectivity index (χ0n) is 16.7. The molecular weight excluding hydrogens is 356 g/mol. The van der Waals surface area contributed by atoms with E-state index in [1.54, 1.807) is 0 Å². The number of furan rings is 1. The van der Waals surface area contributed by atoms with E-state index >= 15 is 0 Å². The predicted molar refractivity (Wildman–Crippen MR) is 119 cm³/mol. The van der Waals surface area contributed by atoms with Crippen LogP contribution in [-0.4, -0.2) is 4.57 Å². The van der Waals surface area contributed by atoms with E-state index in [0.29, 0.717) is 0 Å². The fourth-order valence-corrected chi connectivity index (χ4v) is 4.75. The van der Waals surface area contributed by atoms with Gasteiger partial charge in [-0.3, -0.25) is 0 Å². The van der Waals surface area contributed by atoms with Crippen molar-refractivity contribution in [3.63, 3.8) is 0 Å². The van der Waals surface area contributed by atoms with Crippen molar-refractivity contribution < 1.29 is 8.98 Å². The third-order valence-corrected chi connectivity index (χ3v) is 6.14. The van der Waals surface area contributed by atoms with Gasteiger partial charge in [-0.2, -0.15) is 0 Å². The molecule has 3 heteroatoms. The van der Waals surface area contributed by atoms with Crippen LogP contribution >= 0.6 is 0 Å². The first kappa shape index (κ1) is 16.4. The first-order valence-corrected chi connectivity index (χ1v) is 9.91. The summed E-state index contributed by atoms with van der Waals surface area (Å²) >= 11 is 0. The Morgan fingerprint density at radius 1 is 0.828 bits per heavy atom. The van der Waals surface area contributed by atoms with Crippen molar-refractivity contribution in [3.05, 3.63) is 78.6 Å².